The van der Waals surface area contributed by atoms with Crippen molar-refractivity contribution in [1.29, 1.82) is 0 Å². The molecule has 2 heterocycles. The van der Waals surface area contributed by atoms with Crippen LogP contribution in [0.25, 0.3) is 0 Å². The standard InChI is InChI=1S/C12H17N3O2/c1-13-6-11-8-17-9-12(16)15(11)7-10-2-4-14-5-3-10/h2-5,11,13H,6-9H2,1H3. The van der Waals surface area contributed by atoms with E-state index >= 15 is 0 Å². The highest BCUT2D eigenvalue weighted by molar-refractivity contribution is 5.78. The number of carbonyl (C=O) groups is 1. The normalized spacial score (nSPS) is 20.6. The quantitative estimate of drug-likeness (QED) is 0.800. The molecular weight excluding hydrogens is 218 g/mol. The number of pyridine rings is 1. The molecule has 1 N–H and O–H groups in total. The summed E-state index contributed by atoms with van der Waals surface area (Å²) in [6.45, 7) is 2.15. The Balaban J connectivity index is 2.07. The van der Waals surface area contributed by atoms with Gasteiger partial charge in [-0.25, -0.2) is 0 Å². The Hall–Kier alpha value is -1.46. The van der Waals surface area contributed by atoms with Crippen LogP contribution in [0.1, 0.15) is 5.56 Å². The van der Waals surface area contributed by atoms with Gasteiger partial charge in [0.25, 0.3) is 0 Å². The summed E-state index contributed by atoms with van der Waals surface area (Å²) in [4.78, 5) is 17.7. The molecule has 1 unspecified atom stereocenters. The van der Waals surface area contributed by atoms with Gasteiger partial charge in [-0.05, 0) is 24.7 Å². The van der Waals surface area contributed by atoms with Crippen LogP contribution in [0.3, 0.4) is 0 Å². The third-order valence-electron chi connectivity index (χ3n) is 2.84. The van der Waals surface area contributed by atoms with E-state index in [1.807, 2.05) is 24.1 Å². The molecule has 5 nitrogen and oxygen atoms in total. The van der Waals surface area contributed by atoms with Gasteiger partial charge in [0.1, 0.15) is 6.61 Å². The van der Waals surface area contributed by atoms with E-state index in [-0.39, 0.29) is 18.6 Å². The molecule has 0 aliphatic carbocycles. The minimum atomic E-state index is 0.0494. The van der Waals surface area contributed by atoms with E-state index in [0.29, 0.717) is 13.2 Å². The number of nitrogens with zero attached hydrogens (tertiary/aromatic N) is 2. The maximum absolute atomic E-state index is 11.8. The van der Waals surface area contributed by atoms with Crippen LogP contribution < -0.4 is 5.32 Å². The van der Waals surface area contributed by atoms with E-state index in [4.69, 9.17) is 4.74 Å². The number of ether oxygens (including phenoxy) is 1. The van der Waals surface area contributed by atoms with E-state index in [9.17, 15) is 4.79 Å². The smallest absolute Gasteiger partial charge is 0.249 e. The highest BCUT2D eigenvalue weighted by Gasteiger charge is 2.27. The van der Waals surface area contributed by atoms with Gasteiger partial charge < -0.3 is 15.0 Å². The number of rotatable bonds is 4. The molecule has 92 valence electrons. The summed E-state index contributed by atoms with van der Waals surface area (Å²) < 4.78 is 5.27. The van der Waals surface area contributed by atoms with E-state index < -0.39 is 0 Å². The molecule has 17 heavy (non-hydrogen) atoms. The summed E-state index contributed by atoms with van der Waals surface area (Å²) in [7, 11) is 1.88. The highest BCUT2D eigenvalue weighted by Crippen LogP contribution is 2.12. The first-order valence-electron chi connectivity index (χ1n) is 5.72. The van der Waals surface area contributed by atoms with Gasteiger partial charge in [-0.1, -0.05) is 0 Å². The Labute approximate surface area is 101 Å². The topological polar surface area (TPSA) is 54.5 Å². The summed E-state index contributed by atoms with van der Waals surface area (Å²) >= 11 is 0. The van der Waals surface area contributed by atoms with Crippen molar-refractivity contribution in [2.24, 2.45) is 0 Å². The van der Waals surface area contributed by atoms with Crippen LogP contribution >= 0.6 is 0 Å². The number of aromatic nitrogens is 1. The zero-order valence-corrected chi connectivity index (χ0v) is 9.93. The predicted molar refractivity (Wildman–Crippen MR) is 63.3 cm³/mol. The van der Waals surface area contributed by atoms with Gasteiger partial charge in [-0.2, -0.15) is 0 Å². The van der Waals surface area contributed by atoms with Crippen LogP contribution in [0.2, 0.25) is 0 Å². The lowest BCUT2D eigenvalue weighted by molar-refractivity contribution is -0.148. The lowest BCUT2D eigenvalue weighted by atomic mass is 10.1. The van der Waals surface area contributed by atoms with Gasteiger partial charge in [0.15, 0.2) is 0 Å². The molecule has 2 rings (SSSR count). The van der Waals surface area contributed by atoms with Crippen molar-refractivity contribution < 1.29 is 9.53 Å². The number of nitrogens with one attached hydrogen (secondary N) is 1. The molecule has 0 radical (unpaired) electrons. The molecule has 0 bridgehead atoms. The predicted octanol–water partition coefficient (Wildman–Crippen LogP) is 0.0284. The second-order valence-corrected chi connectivity index (χ2v) is 4.10. The first kappa shape index (κ1) is 12.0. The average Bonchev–Trinajstić information content (AvgIpc) is 2.35. The number of hydrogen-bond donors (Lipinski definition) is 1. The van der Waals surface area contributed by atoms with Gasteiger partial charge in [-0.3, -0.25) is 9.78 Å². The van der Waals surface area contributed by atoms with E-state index in [0.717, 1.165) is 12.1 Å². The Morgan fingerprint density at radius 3 is 3.00 bits per heavy atom. The van der Waals surface area contributed by atoms with Crippen molar-refractivity contribution in [2.75, 3.05) is 26.8 Å². The highest BCUT2D eigenvalue weighted by atomic mass is 16.5. The Bertz CT molecular complexity index is 367. The lowest BCUT2D eigenvalue weighted by Crippen LogP contribution is -2.52. The molecule has 1 aliphatic heterocycles. The zero-order chi connectivity index (χ0) is 12.1. The van der Waals surface area contributed by atoms with Crippen LogP contribution in [0.5, 0.6) is 0 Å². The van der Waals surface area contributed by atoms with E-state index in [1.54, 1.807) is 12.4 Å². The third kappa shape index (κ3) is 3.01. The van der Waals surface area contributed by atoms with Crippen molar-refractivity contribution in [2.45, 2.75) is 12.6 Å². The molecule has 1 aromatic rings. The first-order chi connectivity index (χ1) is 8.31. The van der Waals surface area contributed by atoms with Crippen LogP contribution in [0.4, 0.5) is 0 Å². The zero-order valence-electron chi connectivity index (χ0n) is 9.93. The minimum Gasteiger partial charge on any atom is -0.369 e. The third-order valence-corrected chi connectivity index (χ3v) is 2.84. The fraction of sp³-hybridized carbons (Fsp3) is 0.500. The molecule has 1 atom stereocenters. The summed E-state index contributed by atoms with van der Waals surface area (Å²) in [5.74, 6) is 0.0494. The second kappa shape index (κ2) is 5.75. The fourth-order valence-electron chi connectivity index (χ4n) is 1.97. The van der Waals surface area contributed by atoms with Gasteiger partial charge in [0.05, 0.1) is 12.6 Å². The number of likely N-dealkylation sites (N-methyl/N-ethyl adjacent to an activating group) is 1. The number of amides is 1. The molecule has 0 saturated carbocycles. The summed E-state index contributed by atoms with van der Waals surface area (Å²) in [5.41, 5.74) is 1.09. The van der Waals surface area contributed by atoms with Crippen molar-refractivity contribution in [3.63, 3.8) is 0 Å². The fourth-order valence-corrected chi connectivity index (χ4v) is 1.97. The molecule has 1 saturated heterocycles. The van der Waals surface area contributed by atoms with E-state index in [2.05, 4.69) is 10.3 Å². The number of morpholine rings is 1. The average molecular weight is 235 g/mol. The van der Waals surface area contributed by atoms with Crippen LogP contribution in [0.15, 0.2) is 24.5 Å². The van der Waals surface area contributed by atoms with Crippen LogP contribution in [-0.2, 0) is 16.1 Å². The van der Waals surface area contributed by atoms with Gasteiger partial charge >= 0.3 is 0 Å². The second-order valence-electron chi connectivity index (χ2n) is 4.10. The lowest BCUT2D eigenvalue weighted by Gasteiger charge is -2.35. The van der Waals surface area contributed by atoms with E-state index in [1.165, 1.54) is 0 Å². The summed E-state index contributed by atoms with van der Waals surface area (Å²) in [6, 6.07) is 3.97. The maximum Gasteiger partial charge on any atom is 0.249 e. The SMILES string of the molecule is CNCC1COCC(=O)N1Cc1ccncc1. The Morgan fingerprint density at radius 2 is 2.29 bits per heavy atom. The summed E-state index contributed by atoms with van der Waals surface area (Å²) in [5, 5.41) is 3.09. The molecular formula is C12H17N3O2. The van der Waals surface area contributed by atoms with Gasteiger partial charge in [0, 0.05) is 25.5 Å². The maximum atomic E-state index is 11.8. The monoisotopic (exact) mass is 235 g/mol. The summed E-state index contributed by atoms with van der Waals surface area (Å²) in [6.07, 6.45) is 3.49. The Morgan fingerprint density at radius 1 is 1.53 bits per heavy atom. The molecule has 0 spiro atoms. The van der Waals surface area contributed by atoms with Gasteiger partial charge in [-0.15, -0.1) is 0 Å². The van der Waals surface area contributed by atoms with Crippen LogP contribution in [0, 0.1) is 0 Å². The largest absolute Gasteiger partial charge is 0.369 e. The molecule has 0 aromatic carbocycles. The number of carbonyl (C=O) groups excluding carboxylic acids is 1. The minimum absolute atomic E-state index is 0.0494. The number of hydrogen-bond acceptors (Lipinski definition) is 4. The van der Waals surface area contributed by atoms with Crippen molar-refractivity contribution in [3.05, 3.63) is 30.1 Å². The molecule has 1 aromatic heterocycles. The molecule has 1 amide bonds. The van der Waals surface area contributed by atoms with Crippen molar-refractivity contribution >= 4 is 5.91 Å². The van der Waals surface area contributed by atoms with Crippen molar-refractivity contribution in [1.82, 2.24) is 15.2 Å². The van der Waals surface area contributed by atoms with Gasteiger partial charge in [0.2, 0.25) is 5.91 Å². The molecule has 1 aliphatic rings. The van der Waals surface area contributed by atoms with Crippen molar-refractivity contribution in [3.8, 4) is 0 Å². The van der Waals surface area contributed by atoms with Crippen LogP contribution in [-0.4, -0.2) is 48.6 Å². The molecule has 5 heteroatoms. The Kier molecular flexibility index (Phi) is 4.06. The molecule has 1 fully saturated rings. The first-order valence-corrected chi connectivity index (χ1v) is 5.72.